The minimum absolute atomic E-state index is 0.180. The normalized spacial score (nSPS) is 23.9. The smallest absolute Gasteiger partial charge is 0.191 e. The van der Waals surface area contributed by atoms with Crippen molar-refractivity contribution in [1.82, 2.24) is 25.0 Å². The fourth-order valence-corrected chi connectivity index (χ4v) is 4.30. The highest BCUT2D eigenvalue weighted by atomic mass is 32.2. The summed E-state index contributed by atoms with van der Waals surface area (Å²) in [6.07, 6.45) is -1.37. The Labute approximate surface area is 178 Å². The van der Waals surface area contributed by atoms with Gasteiger partial charge in [-0.3, -0.25) is 0 Å². The molecule has 0 bridgehead atoms. The van der Waals surface area contributed by atoms with Crippen LogP contribution in [-0.4, -0.2) is 70.9 Å². The molecule has 2 aromatic heterocycles. The highest BCUT2D eigenvalue weighted by Gasteiger charge is 2.43. The molecule has 0 radical (unpaired) electrons. The number of fused-ring (bicyclic) bond motifs is 1. The van der Waals surface area contributed by atoms with Crippen molar-refractivity contribution in [1.29, 1.82) is 0 Å². The zero-order valence-corrected chi connectivity index (χ0v) is 17.5. The number of nitrogens with one attached hydrogen (secondary N) is 1. The molecule has 4 atom stereocenters. The van der Waals surface area contributed by atoms with Crippen molar-refractivity contribution in [3.05, 3.63) is 35.9 Å². The maximum absolute atomic E-state index is 10.3. The fraction of sp³-hybridized carbons (Fsp3) is 0.500. The number of rotatable bonds is 8. The summed E-state index contributed by atoms with van der Waals surface area (Å²) in [5, 5.41) is 42.6. The maximum atomic E-state index is 10.3. The second kappa shape index (κ2) is 9.25. The van der Waals surface area contributed by atoms with E-state index >= 15 is 0 Å². The van der Waals surface area contributed by atoms with Crippen LogP contribution in [0, 0.1) is 0 Å². The largest absolute Gasteiger partial charge is 0.390 e. The molecule has 4 rings (SSSR count). The van der Waals surface area contributed by atoms with Gasteiger partial charge in [0, 0.05) is 18.7 Å². The number of hydrogen-bond donors (Lipinski definition) is 4. The summed E-state index contributed by atoms with van der Waals surface area (Å²) in [5.41, 5.74) is 2.21. The lowest BCUT2D eigenvalue weighted by atomic mass is 10.1. The molecule has 0 unspecified atom stereocenters. The molecule has 10 heteroatoms. The van der Waals surface area contributed by atoms with E-state index in [1.807, 2.05) is 18.2 Å². The van der Waals surface area contributed by atoms with Crippen LogP contribution in [0.2, 0.25) is 0 Å². The molecule has 4 N–H and O–H groups in total. The Morgan fingerprint density at radius 2 is 1.93 bits per heavy atom. The van der Waals surface area contributed by atoms with Gasteiger partial charge in [-0.15, -0.1) is 5.10 Å². The first-order valence-electron chi connectivity index (χ1n) is 10.2. The van der Waals surface area contributed by atoms with E-state index in [-0.39, 0.29) is 6.42 Å². The molecule has 9 nitrogen and oxygen atoms in total. The Balaban J connectivity index is 1.63. The van der Waals surface area contributed by atoms with Crippen LogP contribution in [0.1, 0.15) is 31.4 Å². The van der Waals surface area contributed by atoms with Crippen LogP contribution < -0.4 is 5.32 Å². The van der Waals surface area contributed by atoms with E-state index in [4.69, 9.17) is 0 Å². The summed E-state index contributed by atoms with van der Waals surface area (Å²) >= 11 is 1.54. The van der Waals surface area contributed by atoms with E-state index in [9.17, 15) is 15.3 Å². The van der Waals surface area contributed by atoms with Gasteiger partial charge in [0.1, 0.15) is 12.2 Å². The third-order valence-electron chi connectivity index (χ3n) is 5.22. The van der Waals surface area contributed by atoms with Crippen LogP contribution in [0.4, 0.5) is 5.82 Å². The maximum Gasteiger partial charge on any atom is 0.191 e. The van der Waals surface area contributed by atoms with Gasteiger partial charge in [0.15, 0.2) is 22.1 Å². The quantitative estimate of drug-likeness (QED) is 0.309. The molecule has 2 heterocycles. The third-order valence-corrected chi connectivity index (χ3v) is 6.28. The molecule has 0 saturated heterocycles. The molecular formula is C20H26N6O3S. The zero-order valence-electron chi connectivity index (χ0n) is 16.7. The number of nitrogens with zero attached hydrogens (tertiary/aromatic N) is 5. The number of benzene rings is 1. The van der Waals surface area contributed by atoms with E-state index in [0.717, 1.165) is 18.6 Å². The highest BCUT2D eigenvalue weighted by Crippen LogP contribution is 2.33. The van der Waals surface area contributed by atoms with Crippen molar-refractivity contribution >= 4 is 28.7 Å². The lowest BCUT2D eigenvalue weighted by Crippen LogP contribution is -2.31. The SMILES string of the molecule is CCCSc1nc(NCCc2ccccc2)c2nnn([C@@H]3C[C@H](O)[C@@H](O)[C@H]3O)c2n1. The Morgan fingerprint density at radius 1 is 1.13 bits per heavy atom. The first-order chi connectivity index (χ1) is 14.6. The number of aliphatic hydroxyl groups excluding tert-OH is 3. The fourth-order valence-electron chi connectivity index (χ4n) is 3.61. The molecule has 0 amide bonds. The number of aromatic nitrogens is 5. The summed E-state index contributed by atoms with van der Waals surface area (Å²) in [5.74, 6) is 1.47. The summed E-state index contributed by atoms with van der Waals surface area (Å²) in [4.78, 5) is 9.23. The van der Waals surface area contributed by atoms with Crippen molar-refractivity contribution in [2.75, 3.05) is 17.6 Å². The van der Waals surface area contributed by atoms with Gasteiger partial charge in [-0.1, -0.05) is 54.2 Å². The summed E-state index contributed by atoms with van der Waals surface area (Å²) in [7, 11) is 0. The van der Waals surface area contributed by atoms with E-state index in [2.05, 4.69) is 44.7 Å². The van der Waals surface area contributed by atoms with Gasteiger partial charge in [-0.05, 0) is 18.4 Å². The lowest BCUT2D eigenvalue weighted by Gasteiger charge is -2.16. The predicted octanol–water partition coefficient (Wildman–Crippen LogP) is 1.41. The van der Waals surface area contributed by atoms with Crippen LogP contribution in [-0.2, 0) is 6.42 Å². The van der Waals surface area contributed by atoms with Gasteiger partial charge in [-0.2, -0.15) is 0 Å². The third kappa shape index (κ3) is 4.27. The second-order valence-electron chi connectivity index (χ2n) is 7.42. The van der Waals surface area contributed by atoms with Crippen LogP contribution >= 0.6 is 11.8 Å². The molecule has 1 aliphatic carbocycles. The van der Waals surface area contributed by atoms with Crippen molar-refractivity contribution in [2.24, 2.45) is 0 Å². The summed E-state index contributed by atoms with van der Waals surface area (Å²) in [6, 6.07) is 9.57. The summed E-state index contributed by atoms with van der Waals surface area (Å²) in [6.45, 7) is 2.76. The van der Waals surface area contributed by atoms with Crippen LogP contribution in [0.15, 0.2) is 35.5 Å². The molecule has 1 aliphatic rings. The Hall–Kier alpha value is -2.27. The van der Waals surface area contributed by atoms with Gasteiger partial charge in [-0.25, -0.2) is 14.6 Å². The van der Waals surface area contributed by atoms with Crippen molar-refractivity contribution in [3.63, 3.8) is 0 Å². The Morgan fingerprint density at radius 3 is 2.63 bits per heavy atom. The van der Waals surface area contributed by atoms with Crippen molar-refractivity contribution < 1.29 is 15.3 Å². The predicted molar refractivity (Wildman–Crippen MR) is 114 cm³/mol. The first kappa shape index (κ1) is 21.0. The lowest BCUT2D eigenvalue weighted by molar-refractivity contribution is -0.0253. The minimum Gasteiger partial charge on any atom is -0.390 e. The molecule has 0 aliphatic heterocycles. The molecule has 1 saturated carbocycles. The van der Waals surface area contributed by atoms with E-state index < -0.39 is 24.4 Å². The van der Waals surface area contributed by atoms with Gasteiger partial charge in [0.05, 0.1) is 12.1 Å². The molecule has 30 heavy (non-hydrogen) atoms. The van der Waals surface area contributed by atoms with Crippen molar-refractivity contribution in [2.45, 2.75) is 55.7 Å². The number of aliphatic hydroxyl groups is 3. The van der Waals surface area contributed by atoms with Crippen molar-refractivity contribution in [3.8, 4) is 0 Å². The average molecular weight is 431 g/mol. The van der Waals surface area contributed by atoms with Crippen LogP contribution in [0.3, 0.4) is 0 Å². The molecule has 160 valence electrons. The van der Waals surface area contributed by atoms with Gasteiger partial charge >= 0.3 is 0 Å². The van der Waals surface area contributed by atoms with Gasteiger partial charge in [0.25, 0.3) is 0 Å². The average Bonchev–Trinajstić information content (AvgIpc) is 3.29. The van der Waals surface area contributed by atoms with E-state index in [0.29, 0.717) is 28.7 Å². The van der Waals surface area contributed by atoms with E-state index in [1.54, 1.807) is 11.8 Å². The Kier molecular flexibility index (Phi) is 6.47. The highest BCUT2D eigenvalue weighted by molar-refractivity contribution is 7.99. The Bertz CT molecular complexity index is 985. The molecule has 3 aromatic rings. The number of hydrogen-bond acceptors (Lipinski definition) is 9. The zero-order chi connectivity index (χ0) is 21.1. The molecule has 0 spiro atoms. The summed E-state index contributed by atoms with van der Waals surface area (Å²) < 4.78 is 1.50. The number of anilines is 1. The standard InChI is InChI=1S/C20H26N6O3S/c1-2-10-30-20-22-18(21-9-8-12-6-4-3-5-7-12)15-19(23-20)26(25-24-15)13-11-14(27)17(29)16(13)28/h3-7,13-14,16-17,27-29H,2,8-11H2,1H3,(H,21,22,23)/t13-,14+,16+,17-/m1/s1. The first-order valence-corrected chi connectivity index (χ1v) is 11.1. The van der Waals surface area contributed by atoms with Gasteiger partial charge in [0.2, 0.25) is 0 Å². The van der Waals surface area contributed by atoms with Gasteiger partial charge < -0.3 is 20.6 Å². The topological polar surface area (TPSA) is 129 Å². The second-order valence-corrected chi connectivity index (χ2v) is 8.49. The van der Waals surface area contributed by atoms with E-state index in [1.165, 1.54) is 10.2 Å². The molecule has 1 aromatic carbocycles. The van der Waals surface area contributed by atoms with Crippen LogP contribution in [0.5, 0.6) is 0 Å². The monoisotopic (exact) mass is 430 g/mol. The van der Waals surface area contributed by atoms with Crippen LogP contribution in [0.25, 0.3) is 11.2 Å². The minimum atomic E-state index is -1.21. The number of thioether (sulfide) groups is 1. The molecule has 1 fully saturated rings. The molecular weight excluding hydrogens is 404 g/mol.